The first-order chi connectivity index (χ1) is 17.0. The summed E-state index contributed by atoms with van der Waals surface area (Å²) >= 11 is 1.37. The number of carbonyl (C=O) groups is 3. The van der Waals surface area contributed by atoms with Gasteiger partial charge in [0.2, 0.25) is 5.91 Å². The second-order valence-electron chi connectivity index (χ2n) is 8.56. The van der Waals surface area contributed by atoms with Crippen molar-refractivity contribution in [1.82, 2.24) is 9.88 Å². The van der Waals surface area contributed by atoms with Gasteiger partial charge in [-0.05, 0) is 55.7 Å². The predicted molar refractivity (Wildman–Crippen MR) is 139 cm³/mol. The lowest BCUT2D eigenvalue weighted by atomic mass is 10.1. The van der Waals surface area contributed by atoms with E-state index in [4.69, 9.17) is 0 Å². The van der Waals surface area contributed by atoms with E-state index in [1.54, 1.807) is 30.3 Å². The minimum atomic E-state index is -0.516. The molecule has 35 heavy (non-hydrogen) atoms. The van der Waals surface area contributed by atoms with Crippen LogP contribution in [-0.2, 0) is 9.59 Å². The number of hydrogen-bond donors (Lipinski definition) is 2. The predicted octanol–water partition coefficient (Wildman–Crippen LogP) is 4.30. The number of pyridine rings is 1. The third-order valence-electron chi connectivity index (χ3n) is 5.97. The van der Waals surface area contributed by atoms with Gasteiger partial charge in [0.1, 0.15) is 11.1 Å². The molecule has 0 aliphatic carbocycles. The van der Waals surface area contributed by atoms with Gasteiger partial charge in [0.25, 0.3) is 11.8 Å². The van der Waals surface area contributed by atoms with Crippen molar-refractivity contribution in [3.05, 3.63) is 66.2 Å². The largest absolute Gasteiger partial charge is 0.351 e. The number of piperidine rings is 1. The molecule has 9 heteroatoms. The van der Waals surface area contributed by atoms with Crippen molar-refractivity contribution in [1.29, 1.82) is 0 Å². The molecule has 1 aromatic heterocycles. The summed E-state index contributed by atoms with van der Waals surface area (Å²) in [7, 11) is 0. The summed E-state index contributed by atoms with van der Waals surface area (Å²) in [5.41, 5.74) is 1.67. The summed E-state index contributed by atoms with van der Waals surface area (Å²) in [5, 5.41) is 6.81. The molecule has 1 unspecified atom stereocenters. The van der Waals surface area contributed by atoms with E-state index in [-0.39, 0.29) is 24.1 Å². The summed E-state index contributed by atoms with van der Waals surface area (Å²) in [6, 6.07) is 18.0. The third-order valence-corrected chi connectivity index (χ3v) is 7.19. The Morgan fingerprint density at radius 2 is 1.80 bits per heavy atom. The quantitative estimate of drug-likeness (QED) is 0.556. The van der Waals surface area contributed by atoms with Gasteiger partial charge in [0, 0.05) is 36.1 Å². The molecule has 3 heterocycles. The molecule has 178 valence electrons. The van der Waals surface area contributed by atoms with Gasteiger partial charge in [-0.15, -0.1) is 0 Å². The molecule has 1 saturated heterocycles. The van der Waals surface area contributed by atoms with Crippen LogP contribution in [0.5, 0.6) is 0 Å². The van der Waals surface area contributed by atoms with Crippen LogP contribution in [0.3, 0.4) is 0 Å². The fourth-order valence-electron chi connectivity index (χ4n) is 4.17. The highest BCUT2D eigenvalue weighted by Gasteiger charge is 2.33. The fourth-order valence-corrected chi connectivity index (χ4v) is 5.29. The number of para-hydroxylation sites is 1. The van der Waals surface area contributed by atoms with Gasteiger partial charge in [-0.3, -0.25) is 14.4 Å². The van der Waals surface area contributed by atoms with Crippen molar-refractivity contribution in [3.63, 3.8) is 0 Å². The molecule has 2 aliphatic rings. The first-order valence-corrected chi connectivity index (χ1v) is 12.5. The number of aliphatic imine (C=N–C) groups is 1. The first-order valence-electron chi connectivity index (χ1n) is 11.7. The highest BCUT2D eigenvalue weighted by atomic mass is 32.2. The average Bonchev–Trinajstić information content (AvgIpc) is 3.24. The molecule has 3 amide bonds. The Morgan fingerprint density at radius 3 is 2.66 bits per heavy atom. The number of nitrogens with zero attached hydrogens (tertiary/aromatic N) is 3. The lowest BCUT2D eigenvalue weighted by molar-refractivity contribution is -0.121. The van der Waals surface area contributed by atoms with Crippen LogP contribution in [0.15, 0.2) is 65.7 Å². The second kappa shape index (κ2) is 10.3. The van der Waals surface area contributed by atoms with Gasteiger partial charge >= 0.3 is 0 Å². The molecule has 0 radical (unpaired) electrons. The van der Waals surface area contributed by atoms with Crippen LogP contribution in [0.25, 0.3) is 10.9 Å². The molecule has 0 spiro atoms. The van der Waals surface area contributed by atoms with Crippen molar-refractivity contribution in [2.75, 3.05) is 23.7 Å². The number of nitrogens with one attached hydrogen (secondary N) is 2. The number of amides is 3. The van der Waals surface area contributed by atoms with Crippen LogP contribution in [0.2, 0.25) is 0 Å². The van der Waals surface area contributed by atoms with Gasteiger partial charge < -0.3 is 15.5 Å². The molecule has 2 aliphatic heterocycles. The monoisotopic (exact) mass is 487 g/mol. The van der Waals surface area contributed by atoms with E-state index in [9.17, 15) is 14.4 Å². The number of carbonyl (C=O) groups excluding carboxylic acids is 3. The number of likely N-dealkylation sites (tertiary alicyclic amines) is 1. The summed E-state index contributed by atoms with van der Waals surface area (Å²) in [5.74, 6) is -0.434. The Morgan fingerprint density at radius 1 is 0.971 bits per heavy atom. The van der Waals surface area contributed by atoms with Crippen LogP contribution in [0, 0.1) is 0 Å². The van der Waals surface area contributed by atoms with Crippen molar-refractivity contribution in [3.8, 4) is 0 Å². The maximum atomic E-state index is 12.8. The molecule has 1 fully saturated rings. The van der Waals surface area contributed by atoms with Gasteiger partial charge in [-0.25, -0.2) is 4.98 Å². The number of thioether (sulfide) groups is 1. The molecule has 0 bridgehead atoms. The lowest BCUT2D eigenvalue weighted by Gasteiger charge is -2.27. The molecular formula is C26H25N5O3S. The molecule has 1 atom stereocenters. The normalized spacial score (nSPS) is 17.8. The number of rotatable bonds is 5. The summed E-state index contributed by atoms with van der Waals surface area (Å²) in [6.45, 7) is 1.81. The molecule has 5 rings (SSSR count). The van der Waals surface area contributed by atoms with E-state index in [2.05, 4.69) is 25.5 Å². The SMILES string of the molecule is O=C(CC1SC(N2CCCCC2)=NC1=O)Nc1cccc(C(=O)Nc2ccc3ccccc3n2)c1. The highest BCUT2D eigenvalue weighted by molar-refractivity contribution is 8.15. The van der Waals surface area contributed by atoms with Crippen molar-refractivity contribution in [2.24, 2.45) is 4.99 Å². The zero-order valence-corrected chi connectivity index (χ0v) is 19.9. The number of anilines is 2. The maximum Gasteiger partial charge on any atom is 0.262 e. The topological polar surface area (TPSA) is 104 Å². The van der Waals surface area contributed by atoms with Crippen molar-refractivity contribution in [2.45, 2.75) is 30.9 Å². The summed E-state index contributed by atoms with van der Waals surface area (Å²) < 4.78 is 0. The number of benzene rings is 2. The van der Waals surface area contributed by atoms with Crippen LogP contribution in [0.1, 0.15) is 36.0 Å². The maximum absolute atomic E-state index is 12.8. The molecule has 3 aromatic rings. The van der Waals surface area contributed by atoms with E-state index >= 15 is 0 Å². The van der Waals surface area contributed by atoms with E-state index in [1.807, 2.05) is 30.3 Å². The minimum absolute atomic E-state index is 0.0295. The van der Waals surface area contributed by atoms with Crippen LogP contribution in [0.4, 0.5) is 11.5 Å². The molecule has 2 N–H and O–H groups in total. The highest BCUT2D eigenvalue weighted by Crippen LogP contribution is 2.29. The summed E-state index contributed by atoms with van der Waals surface area (Å²) in [4.78, 5) is 48.5. The molecule has 8 nitrogen and oxygen atoms in total. The van der Waals surface area contributed by atoms with E-state index < -0.39 is 5.25 Å². The van der Waals surface area contributed by atoms with Crippen molar-refractivity contribution < 1.29 is 14.4 Å². The summed E-state index contributed by atoms with van der Waals surface area (Å²) in [6.07, 6.45) is 3.42. The standard InChI is InChI=1S/C26H25N5O3S/c32-23(16-21-25(34)30-26(35-21)31-13-4-1-5-14-31)27-19-9-6-8-18(15-19)24(33)29-22-12-11-17-7-2-3-10-20(17)28-22/h2-3,6-12,15,21H,1,4-5,13-14,16H2,(H,27,32)(H,28,29,33). The average molecular weight is 488 g/mol. The van der Waals surface area contributed by atoms with Gasteiger partial charge in [-0.2, -0.15) is 4.99 Å². The number of fused-ring (bicyclic) bond motifs is 1. The first kappa shape index (κ1) is 23.0. The van der Waals surface area contributed by atoms with Crippen LogP contribution in [-0.4, -0.2) is 51.1 Å². The minimum Gasteiger partial charge on any atom is -0.351 e. The van der Waals surface area contributed by atoms with Gasteiger partial charge in [-0.1, -0.05) is 36.0 Å². The Labute approximate surface area is 207 Å². The number of amidine groups is 1. The van der Waals surface area contributed by atoms with E-state index in [0.29, 0.717) is 17.1 Å². The van der Waals surface area contributed by atoms with Crippen LogP contribution < -0.4 is 10.6 Å². The Hall–Kier alpha value is -3.72. The number of hydrogen-bond acceptors (Lipinski definition) is 6. The smallest absolute Gasteiger partial charge is 0.262 e. The van der Waals surface area contributed by atoms with Gasteiger partial charge in [0.15, 0.2) is 5.17 Å². The van der Waals surface area contributed by atoms with Gasteiger partial charge in [0.05, 0.1) is 5.52 Å². The van der Waals surface area contributed by atoms with E-state index in [1.165, 1.54) is 18.2 Å². The molecule has 2 aromatic carbocycles. The van der Waals surface area contributed by atoms with Crippen LogP contribution >= 0.6 is 11.8 Å². The molecular weight excluding hydrogens is 462 g/mol. The Bertz CT molecular complexity index is 1320. The Kier molecular flexibility index (Phi) is 6.76. The zero-order valence-electron chi connectivity index (χ0n) is 19.1. The third kappa shape index (κ3) is 5.51. The second-order valence-corrected chi connectivity index (χ2v) is 9.73. The fraction of sp³-hybridized carbons (Fsp3) is 0.269. The number of aromatic nitrogens is 1. The lowest BCUT2D eigenvalue weighted by Crippen LogP contribution is -2.33. The van der Waals surface area contributed by atoms with E-state index in [0.717, 1.165) is 42.0 Å². The zero-order chi connectivity index (χ0) is 24.2. The van der Waals surface area contributed by atoms with Crippen molar-refractivity contribution >= 4 is 57.1 Å². The molecule has 0 saturated carbocycles. The Balaban J connectivity index is 1.18.